The molecule has 1 aliphatic heterocycles. The molecule has 0 bridgehead atoms. The van der Waals surface area contributed by atoms with Crippen LogP contribution in [0.3, 0.4) is 0 Å². The van der Waals surface area contributed by atoms with Gasteiger partial charge in [-0.2, -0.15) is 0 Å². The third-order valence-corrected chi connectivity index (χ3v) is 3.43. The van der Waals surface area contributed by atoms with Gasteiger partial charge in [0.15, 0.2) is 0 Å². The second kappa shape index (κ2) is 6.68. The third-order valence-electron chi connectivity index (χ3n) is 3.43. The van der Waals surface area contributed by atoms with Gasteiger partial charge in [0, 0.05) is 31.2 Å². The van der Waals surface area contributed by atoms with Crippen molar-refractivity contribution in [2.45, 2.75) is 26.0 Å². The molecule has 1 amide bonds. The highest BCUT2D eigenvalue weighted by molar-refractivity contribution is 5.94. The van der Waals surface area contributed by atoms with Crippen LogP contribution in [0, 0.1) is 0 Å². The van der Waals surface area contributed by atoms with Gasteiger partial charge in [-0.3, -0.25) is 9.69 Å². The second-order valence-electron chi connectivity index (χ2n) is 5.16. The minimum atomic E-state index is -0.0362. The molecule has 19 heavy (non-hydrogen) atoms. The summed E-state index contributed by atoms with van der Waals surface area (Å²) in [7, 11) is 0. The van der Waals surface area contributed by atoms with Crippen LogP contribution in [0.25, 0.3) is 0 Å². The van der Waals surface area contributed by atoms with Crippen LogP contribution in [0.15, 0.2) is 30.3 Å². The summed E-state index contributed by atoms with van der Waals surface area (Å²) in [5, 5.41) is 2.94. The lowest BCUT2D eigenvalue weighted by Crippen LogP contribution is -2.49. The summed E-state index contributed by atoms with van der Waals surface area (Å²) in [6.07, 6.45) is 0.0869. The van der Waals surface area contributed by atoms with Crippen LogP contribution in [0.4, 0.5) is 0 Å². The molecule has 0 aliphatic carbocycles. The summed E-state index contributed by atoms with van der Waals surface area (Å²) in [5.41, 5.74) is 0.694. The zero-order chi connectivity index (χ0) is 13.7. The number of nitrogens with zero attached hydrogens (tertiary/aromatic N) is 1. The molecule has 1 aromatic rings. The summed E-state index contributed by atoms with van der Waals surface area (Å²) in [4.78, 5) is 14.3. The smallest absolute Gasteiger partial charge is 0.251 e. The van der Waals surface area contributed by atoms with Crippen molar-refractivity contribution in [3.05, 3.63) is 35.9 Å². The predicted molar refractivity (Wildman–Crippen MR) is 75.2 cm³/mol. The Balaban J connectivity index is 1.80. The van der Waals surface area contributed by atoms with Gasteiger partial charge in [-0.15, -0.1) is 0 Å². The first-order valence-corrected chi connectivity index (χ1v) is 6.85. The molecule has 1 saturated heterocycles. The molecule has 104 valence electrons. The zero-order valence-corrected chi connectivity index (χ0v) is 11.6. The molecule has 4 heteroatoms. The number of morpholine rings is 1. The number of carbonyl (C=O) groups is 1. The molecule has 1 heterocycles. The Morgan fingerprint density at radius 3 is 2.84 bits per heavy atom. The van der Waals surface area contributed by atoms with Crippen molar-refractivity contribution >= 4 is 5.91 Å². The fourth-order valence-electron chi connectivity index (χ4n) is 2.23. The molecule has 4 nitrogen and oxygen atoms in total. The summed E-state index contributed by atoms with van der Waals surface area (Å²) < 4.78 is 5.69. The zero-order valence-electron chi connectivity index (χ0n) is 11.6. The van der Waals surface area contributed by atoms with Crippen molar-refractivity contribution in [3.63, 3.8) is 0 Å². The lowest BCUT2D eigenvalue weighted by molar-refractivity contribution is -0.0364. The van der Waals surface area contributed by atoms with Crippen molar-refractivity contribution in [2.24, 2.45) is 0 Å². The van der Waals surface area contributed by atoms with Crippen LogP contribution in [-0.2, 0) is 4.74 Å². The maximum Gasteiger partial charge on any atom is 0.251 e. The van der Waals surface area contributed by atoms with Gasteiger partial charge in [-0.25, -0.2) is 0 Å². The van der Waals surface area contributed by atoms with Gasteiger partial charge in [0.05, 0.1) is 12.7 Å². The second-order valence-corrected chi connectivity index (χ2v) is 5.16. The molecular weight excluding hydrogens is 240 g/mol. The van der Waals surface area contributed by atoms with Crippen molar-refractivity contribution < 1.29 is 9.53 Å². The van der Waals surface area contributed by atoms with Gasteiger partial charge in [-0.05, 0) is 26.0 Å². The molecule has 1 N–H and O–H groups in total. The fourth-order valence-corrected chi connectivity index (χ4v) is 2.23. The first kappa shape index (κ1) is 14.0. The third kappa shape index (κ3) is 4.04. The van der Waals surface area contributed by atoms with Crippen molar-refractivity contribution in [2.75, 3.05) is 26.2 Å². The van der Waals surface area contributed by atoms with E-state index in [1.54, 1.807) is 0 Å². The summed E-state index contributed by atoms with van der Waals surface area (Å²) in [6.45, 7) is 7.53. The summed E-state index contributed by atoms with van der Waals surface area (Å²) in [5.74, 6) is -0.0362. The monoisotopic (exact) mass is 262 g/mol. The topological polar surface area (TPSA) is 41.6 Å². The number of amides is 1. The largest absolute Gasteiger partial charge is 0.374 e. The number of rotatable bonds is 4. The van der Waals surface area contributed by atoms with Crippen molar-refractivity contribution in [1.29, 1.82) is 0 Å². The van der Waals surface area contributed by atoms with E-state index in [9.17, 15) is 4.79 Å². The summed E-state index contributed by atoms with van der Waals surface area (Å²) >= 11 is 0. The number of ether oxygens (including phenoxy) is 1. The van der Waals surface area contributed by atoms with E-state index in [-0.39, 0.29) is 12.0 Å². The molecule has 1 aromatic carbocycles. The highest BCUT2D eigenvalue weighted by atomic mass is 16.5. The first-order chi connectivity index (χ1) is 9.16. The Labute approximate surface area is 114 Å². The summed E-state index contributed by atoms with van der Waals surface area (Å²) in [6, 6.07) is 9.80. The first-order valence-electron chi connectivity index (χ1n) is 6.85. The van der Waals surface area contributed by atoms with E-state index in [0.717, 1.165) is 19.7 Å². The number of carbonyl (C=O) groups excluding carboxylic acids is 1. The molecule has 0 radical (unpaired) electrons. The lowest BCUT2D eigenvalue weighted by atomic mass is 10.2. The van der Waals surface area contributed by atoms with Gasteiger partial charge in [0.1, 0.15) is 0 Å². The van der Waals surface area contributed by atoms with Gasteiger partial charge in [0.2, 0.25) is 0 Å². The highest BCUT2D eigenvalue weighted by Gasteiger charge is 2.22. The maximum atomic E-state index is 11.9. The molecule has 1 fully saturated rings. The van der Waals surface area contributed by atoms with Gasteiger partial charge >= 0.3 is 0 Å². The highest BCUT2D eigenvalue weighted by Crippen LogP contribution is 2.08. The molecule has 0 aromatic heterocycles. The Kier molecular flexibility index (Phi) is 4.93. The quantitative estimate of drug-likeness (QED) is 0.894. The Hall–Kier alpha value is -1.39. The van der Waals surface area contributed by atoms with Crippen LogP contribution in [-0.4, -0.2) is 49.2 Å². The van der Waals surface area contributed by atoms with Crippen LogP contribution < -0.4 is 5.32 Å². The SMILES string of the molecule is CC(C)N1CCOC(CNC(=O)c2ccccc2)C1. The molecule has 1 unspecified atom stereocenters. The van der Waals surface area contributed by atoms with E-state index in [2.05, 4.69) is 24.1 Å². The average Bonchev–Trinajstić information content (AvgIpc) is 2.46. The van der Waals surface area contributed by atoms with Crippen LogP contribution >= 0.6 is 0 Å². The van der Waals surface area contributed by atoms with E-state index in [0.29, 0.717) is 18.2 Å². The molecule has 0 spiro atoms. The number of hydrogen-bond acceptors (Lipinski definition) is 3. The Bertz CT molecular complexity index is 406. The molecule has 0 saturated carbocycles. The standard InChI is InChI=1S/C15H22N2O2/c1-12(2)17-8-9-19-14(11-17)10-16-15(18)13-6-4-3-5-7-13/h3-7,12,14H,8-11H2,1-2H3,(H,16,18). The Morgan fingerprint density at radius 1 is 1.42 bits per heavy atom. The van der Waals surface area contributed by atoms with E-state index in [1.165, 1.54) is 0 Å². The van der Waals surface area contributed by atoms with E-state index in [4.69, 9.17) is 4.74 Å². The normalized spacial score (nSPS) is 20.5. The minimum Gasteiger partial charge on any atom is -0.374 e. The average molecular weight is 262 g/mol. The molecule has 1 atom stereocenters. The lowest BCUT2D eigenvalue weighted by Gasteiger charge is -2.35. The van der Waals surface area contributed by atoms with E-state index >= 15 is 0 Å². The van der Waals surface area contributed by atoms with Crippen molar-refractivity contribution in [3.8, 4) is 0 Å². The number of hydrogen-bond donors (Lipinski definition) is 1. The van der Waals surface area contributed by atoms with Crippen molar-refractivity contribution in [1.82, 2.24) is 10.2 Å². The molecule has 1 aliphatic rings. The molecular formula is C15H22N2O2. The van der Waals surface area contributed by atoms with Gasteiger partial charge in [-0.1, -0.05) is 18.2 Å². The van der Waals surface area contributed by atoms with Gasteiger partial charge < -0.3 is 10.1 Å². The maximum absolute atomic E-state index is 11.9. The Morgan fingerprint density at radius 2 is 2.16 bits per heavy atom. The van der Waals surface area contributed by atoms with E-state index < -0.39 is 0 Å². The van der Waals surface area contributed by atoms with E-state index in [1.807, 2.05) is 30.3 Å². The van der Waals surface area contributed by atoms with Gasteiger partial charge in [0.25, 0.3) is 5.91 Å². The predicted octanol–water partition coefficient (Wildman–Crippen LogP) is 1.53. The molecule has 2 rings (SSSR count). The van der Waals surface area contributed by atoms with Crippen LogP contribution in [0.5, 0.6) is 0 Å². The number of nitrogens with one attached hydrogen (secondary N) is 1. The van der Waals surface area contributed by atoms with Crippen LogP contribution in [0.2, 0.25) is 0 Å². The van der Waals surface area contributed by atoms with Crippen LogP contribution in [0.1, 0.15) is 24.2 Å². The minimum absolute atomic E-state index is 0.0362. The number of benzene rings is 1. The fraction of sp³-hybridized carbons (Fsp3) is 0.533.